The Balaban J connectivity index is 1.29. The molecule has 2 aliphatic carbocycles. The summed E-state index contributed by atoms with van der Waals surface area (Å²) in [5, 5.41) is 0. The van der Waals surface area contributed by atoms with E-state index in [1.807, 2.05) is 18.7 Å². The molecule has 6 nitrogen and oxygen atoms in total. The fourth-order valence-electron chi connectivity index (χ4n) is 5.21. The van der Waals surface area contributed by atoms with Crippen LogP contribution in [0.4, 0.5) is 4.79 Å². The number of hydrogen-bond donors (Lipinski definition) is 0. The van der Waals surface area contributed by atoms with Gasteiger partial charge < -0.3 is 14.4 Å². The third-order valence-electron chi connectivity index (χ3n) is 6.21. The van der Waals surface area contributed by atoms with Crippen molar-refractivity contribution < 1.29 is 19.1 Å². The van der Waals surface area contributed by atoms with Crippen molar-refractivity contribution in [1.29, 1.82) is 0 Å². The molecule has 5 atom stereocenters. The molecule has 2 aliphatic heterocycles. The fraction of sp³-hybridized carbons (Fsp3) is 0.882. The highest BCUT2D eigenvalue weighted by Gasteiger charge is 2.63. The van der Waals surface area contributed by atoms with E-state index in [0.717, 1.165) is 26.2 Å². The van der Waals surface area contributed by atoms with Gasteiger partial charge in [-0.05, 0) is 43.9 Å². The molecule has 1 amide bonds. The van der Waals surface area contributed by atoms with Gasteiger partial charge in [-0.3, -0.25) is 9.69 Å². The maximum absolute atomic E-state index is 11.9. The van der Waals surface area contributed by atoms with Crippen molar-refractivity contribution >= 4 is 12.1 Å². The van der Waals surface area contributed by atoms with Crippen molar-refractivity contribution in [3.05, 3.63) is 0 Å². The number of nitrogens with zero attached hydrogens (tertiary/aromatic N) is 2. The first-order chi connectivity index (χ1) is 11.1. The van der Waals surface area contributed by atoms with Gasteiger partial charge in [-0.25, -0.2) is 4.79 Å². The first-order valence-electron chi connectivity index (χ1n) is 8.96. The molecule has 2 saturated carbocycles. The summed E-state index contributed by atoms with van der Waals surface area (Å²) in [4.78, 5) is 28.2. The van der Waals surface area contributed by atoms with E-state index < -0.39 is 0 Å². The summed E-state index contributed by atoms with van der Waals surface area (Å²) in [6.45, 7) is 8.36. The van der Waals surface area contributed by atoms with Gasteiger partial charge in [-0.15, -0.1) is 0 Å². The molecule has 0 N–H and O–H groups in total. The molecular formula is C17H26N2O4. The summed E-state index contributed by atoms with van der Waals surface area (Å²) in [6, 6.07) is 0.608. The lowest BCUT2D eigenvalue weighted by molar-refractivity contribution is -0.146. The molecule has 0 aromatic heterocycles. The van der Waals surface area contributed by atoms with Crippen LogP contribution in [0.3, 0.4) is 0 Å². The van der Waals surface area contributed by atoms with E-state index in [2.05, 4.69) is 4.90 Å². The van der Waals surface area contributed by atoms with E-state index in [-0.39, 0.29) is 18.0 Å². The quantitative estimate of drug-likeness (QED) is 0.728. The molecule has 3 unspecified atom stereocenters. The van der Waals surface area contributed by atoms with Crippen molar-refractivity contribution in [3.63, 3.8) is 0 Å². The molecule has 4 aliphatic rings. The Kier molecular flexibility index (Phi) is 3.75. The van der Waals surface area contributed by atoms with E-state index in [0.29, 0.717) is 42.9 Å². The zero-order valence-corrected chi connectivity index (χ0v) is 13.9. The number of likely N-dealkylation sites (tertiary alicyclic amines) is 2. The van der Waals surface area contributed by atoms with E-state index in [1.165, 1.54) is 6.42 Å². The second-order valence-corrected chi connectivity index (χ2v) is 7.41. The van der Waals surface area contributed by atoms with Gasteiger partial charge in [-0.1, -0.05) is 0 Å². The molecule has 4 rings (SSSR count). The van der Waals surface area contributed by atoms with Crippen LogP contribution in [0.1, 0.15) is 20.3 Å². The molecule has 23 heavy (non-hydrogen) atoms. The SMILES string of the molecule is CCOC(=O)C1[C@H]2CN(C3C4CC3CN(C(=O)OCC)C4)C[C@@H]12. The average Bonchev–Trinajstić information content (AvgIpc) is 3.04. The summed E-state index contributed by atoms with van der Waals surface area (Å²) < 4.78 is 10.3. The zero-order chi connectivity index (χ0) is 16.1. The summed E-state index contributed by atoms with van der Waals surface area (Å²) >= 11 is 0. The molecule has 128 valence electrons. The number of hydrogen-bond acceptors (Lipinski definition) is 5. The van der Waals surface area contributed by atoms with E-state index >= 15 is 0 Å². The van der Waals surface area contributed by atoms with Crippen LogP contribution in [-0.2, 0) is 14.3 Å². The number of ether oxygens (including phenoxy) is 2. The van der Waals surface area contributed by atoms with Crippen molar-refractivity contribution in [1.82, 2.24) is 9.80 Å². The van der Waals surface area contributed by atoms with Gasteiger partial charge in [-0.2, -0.15) is 0 Å². The van der Waals surface area contributed by atoms with Crippen LogP contribution in [0.15, 0.2) is 0 Å². The highest BCUT2D eigenvalue weighted by molar-refractivity contribution is 5.77. The molecule has 2 bridgehead atoms. The molecule has 0 spiro atoms. The van der Waals surface area contributed by atoms with Gasteiger partial charge >= 0.3 is 12.1 Å². The maximum Gasteiger partial charge on any atom is 0.409 e. The summed E-state index contributed by atoms with van der Waals surface area (Å²) in [5.41, 5.74) is 0. The van der Waals surface area contributed by atoms with Gasteiger partial charge in [0.05, 0.1) is 19.1 Å². The number of carbonyl (C=O) groups excluding carboxylic acids is 2. The van der Waals surface area contributed by atoms with Crippen LogP contribution in [0.2, 0.25) is 0 Å². The van der Waals surface area contributed by atoms with Crippen LogP contribution in [-0.4, -0.2) is 67.3 Å². The molecule has 4 fully saturated rings. The predicted octanol–water partition coefficient (Wildman–Crippen LogP) is 1.20. The lowest BCUT2D eigenvalue weighted by Crippen LogP contribution is -2.65. The smallest absolute Gasteiger partial charge is 0.409 e. The van der Waals surface area contributed by atoms with Crippen molar-refractivity contribution in [3.8, 4) is 0 Å². The topological polar surface area (TPSA) is 59.1 Å². The molecule has 0 radical (unpaired) electrons. The van der Waals surface area contributed by atoms with Gasteiger partial charge in [0, 0.05) is 32.2 Å². The highest BCUT2D eigenvalue weighted by Crippen LogP contribution is 2.55. The molecule has 0 aromatic rings. The normalized spacial score (nSPS) is 41.0. The zero-order valence-electron chi connectivity index (χ0n) is 13.9. The Bertz CT molecular complexity index is 487. The van der Waals surface area contributed by atoms with Crippen LogP contribution in [0.25, 0.3) is 0 Å². The minimum absolute atomic E-state index is 0.00411. The Morgan fingerprint density at radius 2 is 1.57 bits per heavy atom. The van der Waals surface area contributed by atoms with E-state index in [1.54, 1.807) is 0 Å². The molecule has 6 heteroatoms. The lowest BCUT2D eigenvalue weighted by atomic mass is 9.65. The average molecular weight is 322 g/mol. The van der Waals surface area contributed by atoms with E-state index in [4.69, 9.17) is 9.47 Å². The van der Waals surface area contributed by atoms with Gasteiger partial charge in [0.1, 0.15) is 0 Å². The monoisotopic (exact) mass is 322 g/mol. The fourth-order valence-corrected chi connectivity index (χ4v) is 5.21. The Morgan fingerprint density at radius 3 is 2.13 bits per heavy atom. The molecule has 2 heterocycles. The number of esters is 1. The van der Waals surface area contributed by atoms with Crippen molar-refractivity contribution in [2.24, 2.45) is 29.6 Å². The number of rotatable bonds is 4. The van der Waals surface area contributed by atoms with Crippen molar-refractivity contribution in [2.75, 3.05) is 39.4 Å². The molecule has 0 aromatic carbocycles. The highest BCUT2D eigenvalue weighted by atomic mass is 16.6. The first kappa shape index (κ1) is 15.2. The number of amides is 1. The number of fused-ring (bicyclic) bond motifs is 3. The lowest BCUT2D eigenvalue weighted by Gasteiger charge is -2.56. The van der Waals surface area contributed by atoms with E-state index in [9.17, 15) is 9.59 Å². The van der Waals surface area contributed by atoms with Crippen LogP contribution >= 0.6 is 0 Å². The maximum atomic E-state index is 11.9. The second-order valence-electron chi connectivity index (χ2n) is 7.41. The van der Waals surface area contributed by atoms with Gasteiger partial charge in [0.2, 0.25) is 0 Å². The molecular weight excluding hydrogens is 296 g/mol. The summed E-state index contributed by atoms with van der Waals surface area (Å²) in [5.74, 6) is 2.34. The standard InChI is InChI=1S/C17H26N2O4/c1-3-22-16(20)14-12-8-18(9-13(12)14)15-10-5-11(15)7-19(6-10)17(21)23-4-2/h10-15H,3-9H2,1-2H3/t10?,11?,12-,13+,14?,15?. The third-order valence-corrected chi connectivity index (χ3v) is 6.21. The number of piperidine rings is 3. The Hall–Kier alpha value is -1.30. The minimum atomic E-state index is -0.160. The molecule has 2 saturated heterocycles. The first-order valence-corrected chi connectivity index (χ1v) is 8.96. The van der Waals surface area contributed by atoms with Gasteiger partial charge in [0.15, 0.2) is 0 Å². The third kappa shape index (κ3) is 2.42. The largest absolute Gasteiger partial charge is 0.466 e. The van der Waals surface area contributed by atoms with Gasteiger partial charge in [0.25, 0.3) is 0 Å². The van der Waals surface area contributed by atoms with Crippen molar-refractivity contribution in [2.45, 2.75) is 26.3 Å². The van der Waals surface area contributed by atoms with Crippen LogP contribution < -0.4 is 0 Å². The Labute approximate surface area is 137 Å². The summed E-state index contributed by atoms with van der Waals surface area (Å²) in [7, 11) is 0. The van der Waals surface area contributed by atoms with Crippen LogP contribution in [0.5, 0.6) is 0 Å². The summed E-state index contributed by atoms with van der Waals surface area (Å²) in [6.07, 6.45) is 1.07. The Morgan fingerprint density at radius 1 is 0.957 bits per heavy atom. The predicted molar refractivity (Wildman–Crippen MR) is 82.7 cm³/mol. The van der Waals surface area contributed by atoms with Crippen LogP contribution in [0, 0.1) is 29.6 Å². The number of carbonyl (C=O) groups is 2. The minimum Gasteiger partial charge on any atom is -0.466 e. The second kappa shape index (κ2) is 5.65.